The third-order valence-electron chi connectivity index (χ3n) is 4.74. The van der Waals surface area contributed by atoms with E-state index in [0.717, 1.165) is 29.8 Å². The van der Waals surface area contributed by atoms with E-state index in [9.17, 15) is 4.79 Å². The van der Waals surface area contributed by atoms with E-state index in [0.29, 0.717) is 24.5 Å². The van der Waals surface area contributed by atoms with E-state index in [2.05, 4.69) is 27.3 Å². The van der Waals surface area contributed by atoms with Crippen molar-refractivity contribution in [2.45, 2.75) is 12.8 Å². The minimum atomic E-state index is -0.0664. The minimum absolute atomic E-state index is 0.0664. The highest BCUT2D eigenvalue weighted by molar-refractivity contribution is 5.92. The minimum Gasteiger partial charge on any atom is -0.497 e. The lowest BCUT2D eigenvalue weighted by molar-refractivity contribution is 0.0756. The fourth-order valence-electron chi connectivity index (χ4n) is 3.34. The van der Waals surface area contributed by atoms with Gasteiger partial charge in [-0.3, -0.25) is 14.9 Å². The van der Waals surface area contributed by atoms with Crippen molar-refractivity contribution in [3.05, 3.63) is 65.6 Å². The lowest BCUT2D eigenvalue weighted by atomic mass is 10.0. The Morgan fingerprint density at radius 2 is 1.96 bits per heavy atom. The molecule has 1 N–H and O–H groups in total. The Morgan fingerprint density at radius 1 is 1.15 bits per heavy atom. The summed E-state index contributed by atoms with van der Waals surface area (Å²) >= 11 is 0. The van der Waals surface area contributed by atoms with E-state index in [4.69, 9.17) is 4.74 Å². The number of benzene rings is 1. The van der Waals surface area contributed by atoms with Crippen molar-refractivity contribution in [1.29, 1.82) is 0 Å². The number of hydrogen-bond acceptors (Lipinski definition) is 4. The fraction of sp³-hybridized carbons (Fsp3) is 0.250. The second-order valence-corrected chi connectivity index (χ2v) is 6.27. The molecule has 3 aromatic rings. The largest absolute Gasteiger partial charge is 0.497 e. The molecule has 26 heavy (non-hydrogen) atoms. The quantitative estimate of drug-likeness (QED) is 0.790. The SMILES string of the molecule is COc1ccnc(C(=O)N2CCc3[nH]nc(-c4ccccc4)c3CC2)c1. The molecule has 6 heteroatoms. The lowest BCUT2D eigenvalue weighted by Gasteiger charge is -2.20. The lowest BCUT2D eigenvalue weighted by Crippen LogP contribution is -2.34. The monoisotopic (exact) mass is 348 g/mol. The number of fused-ring (bicyclic) bond motifs is 1. The molecule has 1 aromatic carbocycles. The molecule has 0 radical (unpaired) electrons. The summed E-state index contributed by atoms with van der Waals surface area (Å²) in [7, 11) is 1.58. The number of methoxy groups -OCH3 is 1. The van der Waals surface area contributed by atoms with Crippen LogP contribution in [0.3, 0.4) is 0 Å². The zero-order valence-corrected chi connectivity index (χ0v) is 14.6. The maximum atomic E-state index is 12.8. The normalized spacial score (nSPS) is 13.8. The number of aromatic amines is 1. The maximum Gasteiger partial charge on any atom is 0.272 e. The molecule has 0 spiro atoms. The molecule has 0 atom stereocenters. The number of H-pyrrole nitrogens is 1. The average Bonchev–Trinajstić information content (AvgIpc) is 2.99. The number of carbonyl (C=O) groups is 1. The van der Waals surface area contributed by atoms with Gasteiger partial charge in [0.1, 0.15) is 11.4 Å². The van der Waals surface area contributed by atoms with Crippen molar-refractivity contribution in [2.75, 3.05) is 20.2 Å². The van der Waals surface area contributed by atoms with E-state index in [1.165, 1.54) is 5.56 Å². The van der Waals surface area contributed by atoms with Gasteiger partial charge in [-0.1, -0.05) is 30.3 Å². The van der Waals surface area contributed by atoms with Crippen molar-refractivity contribution in [3.63, 3.8) is 0 Å². The first-order valence-corrected chi connectivity index (χ1v) is 8.67. The Hall–Kier alpha value is -3.15. The molecule has 1 aliphatic heterocycles. The number of nitrogens with zero attached hydrogens (tertiary/aromatic N) is 3. The number of pyridine rings is 1. The van der Waals surface area contributed by atoms with Crippen molar-refractivity contribution >= 4 is 5.91 Å². The van der Waals surface area contributed by atoms with Gasteiger partial charge in [0.25, 0.3) is 5.91 Å². The molecule has 0 unspecified atom stereocenters. The van der Waals surface area contributed by atoms with E-state index >= 15 is 0 Å². The van der Waals surface area contributed by atoms with Gasteiger partial charge in [-0.05, 0) is 12.5 Å². The van der Waals surface area contributed by atoms with Crippen molar-refractivity contribution in [2.24, 2.45) is 0 Å². The number of hydrogen-bond donors (Lipinski definition) is 1. The van der Waals surface area contributed by atoms with Crippen LogP contribution in [0.25, 0.3) is 11.3 Å². The van der Waals surface area contributed by atoms with Crippen LogP contribution in [0.1, 0.15) is 21.7 Å². The summed E-state index contributed by atoms with van der Waals surface area (Å²) < 4.78 is 5.20. The predicted octanol–water partition coefficient (Wildman–Crippen LogP) is 2.72. The van der Waals surface area contributed by atoms with Crippen LogP contribution in [0.4, 0.5) is 0 Å². The zero-order chi connectivity index (χ0) is 17.9. The van der Waals surface area contributed by atoms with Gasteiger partial charge >= 0.3 is 0 Å². The summed E-state index contributed by atoms with van der Waals surface area (Å²) in [5.74, 6) is 0.572. The first-order valence-electron chi connectivity index (χ1n) is 8.67. The number of carbonyl (C=O) groups excluding carboxylic acids is 1. The Morgan fingerprint density at radius 3 is 2.77 bits per heavy atom. The Kier molecular flexibility index (Phi) is 4.39. The van der Waals surface area contributed by atoms with Crippen LogP contribution in [-0.2, 0) is 12.8 Å². The average molecular weight is 348 g/mol. The highest BCUT2D eigenvalue weighted by Crippen LogP contribution is 2.27. The van der Waals surface area contributed by atoms with Crippen LogP contribution >= 0.6 is 0 Å². The van der Waals surface area contributed by atoms with Gasteiger partial charge < -0.3 is 9.64 Å². The van der Waals surface area contributed by atoms with Gasteiger partial charge in [0.05, 0.1) is 12.8 Å². The Bertz CT molecular complexity index is 921. The fourth-order valence-corrected chi connectivity index (χ4v) is 3.34. The molecule has 1 aliphatic rings. The number of amides is 1. The van der Waals surface area contributed by atoms with E-state index in [1.807, 2.05) is 23.1 Å². The molecule has 0 saturated heterocycles. The highest BCUT2D eigenvalue weighted by Gasteiger charge is 2.24. The number of nitrogens with one attached hydrogen (secondary N) is 1. The summed E-state index contributed by atoms with van der Waals surface area (Å²) in [5, 5.41) is 7.66. The number of rotatable bonds is 3. The van der Waals surface area contributed by atoms with Gasteiger partial charge in [-0.15, -0.1) is 0 Å². The van der Waals surface area contributed by atoms with Crippen LogP contribution in [0, 0.1) is 0 Å². The molecule has 0 bridgehead atoms. The van der Waals surface area contributed by atoms with E-state index in [1.54, 1.807) is 25.4 Å². The molecule has 132 valence electrons. The molecule has 1 amide bonds. The molecule has 4 rings (SSSR count). The van der Waals surface area contributed by atoms with Crippen LogP contribution in [0.15, 0.2) is 48.7 Å². The number of aromatic nitrogens is 3. The zero-order valence-electron chi connectivity index (χ0n) is 14.6. The van der Waals surface area contributed by atoms with Gasteiger partial charge in [0, 0.05) is 48.6 Å². The smallest absolute Gasteiger partial charge is 0.272 e. The molecule has 2 aromatic heterocycles. The summed E-state index contributed by atoms with van der Waals surface area (Å²) in [6, 6.07) is 13.6. The van der Waals surface area contributed by atoms with Crippen LogP contribution in [0.5, 0.6) is 5.75 Å². The number of ether oxygens (including phenoxy) is 1. The second-order valence-electron chi connectivity index (χ2n) is 6.27. The van der Waals surface area contributed by atoms with Gasteiger partial charge in [0.15, 0.2) is 0 Å². The molecule has 0 saturated carbocycles. The van der Waals surface area contributed by atoms with Crippen molar-refractivity contribution in [3.8, 4) is 17.0 Å². The highest BCUT2D eigenvalue weighted by atomic mass is 16.5. The first kappa shape index (κ1) is 16.3. The van der Waals surface area contributed by atoms with Crippen LogP contribution < -0.4 is 4.74 Å². The Balaban J connectivity index is 1.55. The second kappa shape index (κ2) is 7.00. The molecule has 3 heterocycles. The molecular formula is C20H20N4O2. The summed E-state index contributed by atoms with van der Waals surface area (Å²) in [5.41, 5.74) is 4.80. The van der Waals surface area contributed by atoms with Crippen molar-refractivity contribution in [1.82, 2.24) is 20.1 Å². The summed E-state index contributed by atoms with van der Waals surface area (Å²) in [6.45, 7) is 1.28. The van der Waals surface area contributed by atoms with E-state index in [-0.39, 0.29) is 5.91 Å². The Labute approximate surface area is 151 Å². The summed E-state index contributed by atoms with van der Waals surface area (Å²) in [4.78, 5) is 18.9. The van der Waals surface area contributed by atoms with E-state index < -0.39 is 0 Å². The van der Waals surface area contributed by atoms with Crippen LogP contribution in [0.2, 0.25) is 0 Å². The summed E-state index contributed by atoms with van der Waals surface area (Å²) in [6.07, 6.45) is 3.13. The van der Waals surface area contributed by atoms with Gasteiger partial charge in [-0.2, -0.15) is 5.10 Å². The molecule has 0 fully saturated rings. The standard InChI is InChI=1S/C20H20N4O2/c1-26-15-7-10-21-18(13-15)20(25)24-11-8-16-17(9-12-24)22-23-19(16)14-5-3-2-4-6-14/h2-7,10,13H,8-9,11-12H2,1H3,(H,22,23). The first-order chi connectivity index (χ1) is 12.8. The van der Waals surface area contributed by atoms with Gasteiger partial charge in [0.2, 0.25) is 0 Å². The van der Waals surface area contributed by atoms with Gasteiger partial charge in [-0.25, -0.2) is 0 Å². The maximum absolute atomic E-state index is 12.8. The molecule has 0 aliphatic carbocycles. The molecular weight excluding hydrogens is 328 g/mol. The van der Waals surface area contributed by atoms with Crippen molar-refractivity contribution < 1.29 is 9.53 Å². The molecule has 6 nitrogen and oxygen atoms in total. The van der Waals surface area contributed by atoms with Crippen LogP contribution in [-0.4, -0.2) is 46.2 Å². The predicted molar refractivity (Wildman–Crippen MR) is 98.1 cm³/mol. The topological polar surface area (TPSA) is 71.1 Å². The third kappa shape index (κ3) is 3.06. The third-order valence-corrected chi connectivity index (χ3v) is 4.74.